The Hall–Kier alpha value is -3.63. The molecule has 3 aromatic heterocycles. The fourth-order valence-electron chi connectivity index (χ4n) is 6.00. The van der Waals surface area contributed by atoms with Crippen LogP contribution in [0.25, 0.3) is 10.9 Å². The van der Waals surface area contributed by atoms with Crippen LogP contribution < -0.4 is 24.6 Å². The molecule has 3 aliphatic rings. The van der Waals surface area contributed by atoms with E-state index in [1.54, 1.807) is 23.4 Å². The highest BCUT2D eigenvalue weighted by molar-refractivity contribution is 7.92. The number of piperazine rings is 1. The van der Waals surface area contributed by atoms with Gasteiger partial charge in [-0.15, -0.1) is 0 Å². The Kier molecular flexibility index (Phi) is 9.61. The molecule has 0 aromatic carbocycles. The smallest absolute Gasteiger partial charge is 0.251 e. The highest BCUT2D eigenvalue weighted by Gasteiger charge is 2.26. The van der Waals surface area contributed by atoms with E-state index in [9.17, 15) is 17.2 Å². The van der Waals surface area contributed by atoms with Crippen molar-refractivity contribution in [1.82, 2.24) is 24.8 Å². The molecule has 16 heteroatoms. The van der Waals surface area contributed by atoms with E-state index in [4.69, 9.17) is 14.5 Å². The quantitative estimate of drug-likeness (QED) is 0.335. The maximum Gasteiger partial charge on any atom is 0.251 e. The van der Waals surface area contributed by atoms with Crippen molar-refractivity contribution in [1.29, 1.82) is 0 Å². The lowest BCUT2D eigenvalue weighted by molar-refractivity contribution is 0.0854. The lowest BCUT2D eigenvalue weighted by Crippen LogP contribution is -2.47. The summed E-state index contributed by atoms with van der Waals surface area (Å²) in [5, 5.41) is 4.08. The summed E-state index contributed by atoms with van der Waals surface area (Å²) in [6.45, 7) is 4.98. The molecule has 0 unspecified atom stereocenters. The van der Waals surface area contributed by atoms with Gasteiger partial charge in [0.1, 0.15) is 11.9 Å². The lowest BCUT2D eigenvalue weighted by atomic mass is 9.93. The van der Waals surface area contributed by atoms with E-state index in [1.165, 1.54) is 6.20 Å². The molecule has 13 nitrogen and oxygen atoms in total. The molecule has 244 valence electrons. The molecular weight excluding hydrogens is 608 g/mol. The third-order valence-electron chi connectivity index (χ3n) is 8.33. The monoisotopic (exact) mass is 647 g/mol. The lowest BCUT2D eigenvalue weighted by Gasteiger charge is -2.35. The second-order valence-electron chi connectivity index (χ2n) is 11.7. The van der Waals surface area contributed by atoms with Crippen LogP contribution in [-0.2, 0) is 14.8 Å². The summed E-state index contributed by atoms with van der Waals surface area (Å²) in [6, 6.07) is 3.80. The van der Waals surface area contributed by atoms with Crippen LogP contribution in [0.5, 0.6) is 5.88 Å². The van der Waals surface area contributed by atoms with Crippen molar-refractivity contribution < 1.29 is 26.7 Å². The van der Waals surface area contributed by atoms with Crippen LogP contribution in [0.2, 0.25) is 0 Å². The number of aromatic nitrogens is 4. The topological polar surface area (TPSA) is 138 Å². The van der Waals surface area contributed by atoms with E-state index in [-0.39, 0.29) is 18.7 Å². The summed E-state index contributed by atoms with van der Waals surface area (Å²) in [5.74, 6) is 1.74. The summed E-state index contributed by atoms with van der Waals surface area (Å²) in [7, 11) is -3.47. The zero-order valence-corrected chi connectivity index (χ0v) is 26.1. The van der Waals surface area contributed by atoms with E-state index in [0.29, 0.717) is 80.9 Å². The zero-order chi connectivity index (χ0) is 31.4. The second kappa shape index (κ2) is 13.8. The molecule has 0 spiro atoms. The molecule has 3 fully saturated rings. The van der Waals surface area contributed by atoms with E-state index in [2.05, 4.69) is 34.8 Å². The summed E-state index contributed by atoms with van der Waals surface area (Å²) in [5.41, 5.74) is 1.91. The second-order valence-corrected chi connectivity index (χ2v) is 13.5. The molecule has 1 aliphatic carbocycles. The number of nitrogens with zero attached hydrogens (tertiary/aromatic N) is 7. The zero-order valence-electron chi connectivity index (χ0n) is 25.2. The summed E-state index contributed by atoms with van der Waals surface area (Å²) in [4.78, 5) is 24.5. The van der Waals surface area contributed by atoms with Crippen molar-refractivity contribution in [2.75, 3.05) is 85.1 Å². The van der Waals surface area contributed by atoms with Gasteiger partial charge < -0.3 is 24.6 Å². The molecule has 45 heavy (non-hydrogen) atoms. The Morgan fingerprint density at radius 1 is 0.956 bits per heavy atom. The van der Waals surface area contributed by atoms with E-state index >= 15 is 0 Å². The first-order valence-corrected chi connectivity index (χ1v) is 17.2. The van der Waals surface area contributed by atoms with Gasteiger partial charge in [-0.05, 0) is 31.7 Å². The number of morpholine rings is 1. The van der Waals surface area contributed by atoms with Gasteiger partial charge in [0.05, 0.1) is 66.9 Å². The molecule has 5 heterocycles. The number of rotatable bonds is 10. The van der Waals surface area contributed by atoms with Gasteiger partial charge in [0, 0.05) is 51.4 Å². The van der Waals surface area contributed by atoms with Crippen LogP contribution in [0.4, 0.5) is 31.9 Å². The number of sulfonamides is 1. The van der Waals surface area contributed by atoms with Crippen LogP contribution >= 0.6 is 0 Å². The molecule has 3 aromatic rings. The molecule has 2 saturated heterocycles. The fourth-order valence-corrected chi connectivity index (χ4v) is 6.54. The SMILES string of the molecule is CS(=O)(=O)Nc1cnc2cc(N3CCOCC3)nc(OC3CCC(Nc4ncc(N5CCN(CC(F)F)CC5)cn4)CC3)c2c1. The number of nitrogens with one attached hydrogen (secondary N) is 2. The number of fused-ring (bicyclic) bond motifs is 1. The summed E-state index contributed by atoms with van der Waals surface area (Å²) >= 11 is 0. The van der Waals surface area contributed by atoms with Gasteiger partial charge in [-0.2, -0.15) is 4.98 Å². The molecule has 0 amide bonds. The highest BCUT2D eigenvalue weighted by Crippen LogP contribution is 2.33. The maximum atomic E-state index is 12.7. The van der Waals surface area contributed by atoms with Gasteiger partial charge >= 0.3 is 0 Å². The molecule has 0 radical (unpaired) electrons. The van der Waals surface area contributed by atoms with Gasteiger partial charge in [0.15, 0.2) is 0 Å². The number of anilines is 4. The van der Waals surface area contributed by atoms with E-state index in [0.717, 1.165) is 43.4 Å². The first kappa shape index (κ1) is 31.4. The van der Waals surface area contributed by atoms with E-state index < -0.39 is 16.4 Å². The van der Waals surface area contributed by atoms with Crippen molar-refractivity contribution in [3.8, 4) is 5.88 Å². The van der Waals surface area contributed by atoms with Gasteiger partial charge in [-0.1, -0.05) is 0 Å². The minimum absolute atomic E-state index is 0.0720. The standard InChI is InChI=1S/C29H39F2N9O4S/c1-45(41,42)37-21-14-24-25(32-16-21)15-27(40-10-12-43-13-11-40)36-28(24)44-23-4-2-20(3-5-23)35-29-33-17-22(18-34-29)39-8-6-38(7-9-39)19-26(30)31/h14-18,20,23,26,37H,2-13,19H2,1H3,(H,33,34,35). The average molecular weight is 648 g/mol. The average Bonchev–Trinajstić information content (AvgIpc) is 3.02. The number of hydrogen-bond donors (Lipinski definition) is 2. The molecule has 1 saturated carbocycles. The number of ether oxygens (including phenoxy) is 2. The van der Waals surface area contributed by atoms with Gasteiger partial charge in [0.2, 0.25) is 21.9 Å². The number of pyridine rings is 2. The number of hydrogen-bond acceptors (Lipinski definition) is 12. The summed E-state index contributed by atoms with van der Waals surface area (Å²) in [6.07, 6.45) is 7.06. The van der Waals surface area contributed by atoms with Gasteiger partial charge in [-0.25, -0.2) is 27.2 Å². The van der Waals surface area contributed by atoms with Crippen molar-refractivity contribution in [2.24, 2.45) is 0 Å². The third kappa shape index (κ3) is 8.35. The van der Waals surface area contributed by atoms with Crippen LogP contribution in [0.3, 0.4) is 0 Å². The molecule has 2 aliphatic heterocycles. The molecular formula is C29H39F2N9O4S. The first-order valence-electron chi connectivity index (χ1n) is 15.3. The van der Waals surface area contributed by atoms with Crippen molar-refractivity contribution in [2.45, 2.75) is 44.3 Å². The number of alkyl halides is 2. The predicted octanol–water partition coefficient (Wildman–Crippen LogP) is 2.82. The molecule has 6 rings (SSSR count). The Labute approximate surface area is 261 Å². The van der Waals surface area contributed by atoms with Crippen molar-refractivity contribution >= 4 is 44.1 Å². The van der Waals surface area contributed by atoms with Gasteiger partial charge in [-0.3, -0.25) is 14.6 Å². The van der Waals surface area contributed by atoms with Crippen LogP contribution in [0, 0.1) is 0 Å². The van der Waals surface area contributed by atoms with Crippen LogP contribution in [0.15, 0.2) is 30.7 Å². The minimum atomic E-state index is -3.47. The largest absolute Gasteiger partial charge is 0.474 e. The van der Waals surface area contributed by atoms with E-state index in [1.807, 2.05) is 6.07 Å². The maximum absolute atomic E-state index is 12.7. The minimum Gasteiger partial charge on any atom is -0.474 e. The van der Waals surface area contributed by atoms with Crippen LogP contribution in [-0.4, -0.2) is 117 Å². The predicted molar refractivity (Wildman–Crippen MR) is 168 cm³/mol. The normalized spacial score (nSPS) is 21.7. The Balaban J connectivity index is 1.07. The van der Waals surface area contributed by atoms with Crippen LogP contribution in [0.1, 0.15) is 25.7 Å². The Bertz CT molecular complexity index is 1550. The van der Waals surface area contributed by atoms with Crippen molar-refractivity contribution in [3.63, 3.8) is 0 Å². The molecule has 0 bridgehead atoms. The Morgan fingerprint density at radius 3 is 2.33 bits per heavy atom. The first-order chi connectivity index (χ1) is 21.7. The summed E-state index contributed by atoms with van der Waals surface area (Å²) < 4.78 is 63.5. The number of halogens is 2. The highest BCUT2D eigenvalue weighted by atomic mass is 32.2. The Morgan fingerprint density at radius 2 is 1.67 bits per heavy atom. The fraction of sp³-hybridized carbons (Fsp3) is 0.586. The van der Waals surface area contributed by atoms with Crippen molar-refractivity contribution in [3.05, 3.63) is 30.7 Å². The van der Waals surface area contributed by atoms with Gasteiger partial charge in [0.25, 0.3) is 6.43 Å². The molecule has 0 atom stereocenters. The molecule has 2 N–H and O–H groups in total. The third-order valence-corrected chi connectivity index (χ3v) is 8.93.